The van der Waals surface area contributed by atoms with Crippen LogP contribution in [0.25, 0.3) is 0 Å². The molecular formula is C4H9OSr. The van der Waals surface area contributed by atoms with Crippen LogP contribution in [0.1, 0.15) is 20.8 Å². The zero-order chi connectivity index (χ0) is 5.21. The van der Waals surface area contributed by atoms with E-state index in [4.69, 9.17) is 0.486 Å². The zero-order valence-electron chi connectivity index (χ0n) is 4.62. The molecule has 0 aromatic rings. The Morgan fingerprint density at radius 2 is 1.50 bits per heavy atom. The second-order valence-electron chi connectivity index (χ2n) is 2.26. The van der Waals surface area contributed by atoms with Crippen molar-refractivity contribution in [2.45, 2.75) is 26.4 Å². The standard InChI is InChI=1S/C4H9O.Sr/c1-4(2,3)5;/h1-3H3;/q-1;+1. The van der Waals surface area contributed by atoms with Crippen LogP contribution in [0.2, 0.25) is 0 Å². The Bertz CT molecular complexity index is 37.3. The summed E-state index contributed by atoms with van der Waals surface area (Å²) in [6.45, 7) is 6.19. The summed E-state index contributed by atoms with van der Waals surface area (Å²) in [5.74, 6) is 0. The molecular weight excluding hydrogens is 152 g/mol. The number of rotatable bonds is 0. The fourth-order valence-electron chi connectivity index (χ4n) is 0. The molecule has 0 saturated carbocycles. The first-order valence-corrected chi connectivity index (χ1v) is 3.41. The van der Waals surface area contributed by atoms with Crippen molar-refractivity contribution in [3.8, 4) is 0 Å². The van der Waals surface area contributed by atoms with E-state index in [2.05, 4.69) is 20.8 Å². The van der Waals surface area contributed by atoms with E-state index in [1.54, 1.807) is 0 Å². The van der Waals surface area contributed by atoms with Gasteiger partial charge in [-0.3, -0.25) is 0 Å². The third-order valence-electron chi connectivity index (χ3n) is 0.433. The second-order valence-corrected chi connectivity index (χ2v) is 2.97. The molecule has 6 heavy (non-hydrogen) atoms. The molecule has 0 heterocycles. The summed E-state index contributed by atoms with van der Waals surface area (Å²) in [5.41, 5.74) is 0.117. The van der Waals surface area contributed by atoms with Gasteiger partial charge in [-0.15, -0.1) is 0 Å². The van der Waals surface area contributed by atoms with Gasteiger partial charge in [0.15, 0.2) is 0 Å². The molecule has 0 spiro atoms. The van der Waals surface area contributed by atoms with Crippen LogP contribution in [0, 0.1) is 0 Å². The van der Waals surface area contributed by atoms with Gasteiger partial charge < -0.3 is 0 Å². The molecule has 0 amide bonds. The van der Waals surface area contributed by atoms with Crippen molar-refractivity contribution in [3.05, 3.63) is 0 Å². The number of hydrogen-bond donors (Lipinski definition) is 0. The molecule has 0 atom stereocenters. The van der Waals surface area contributed by atoms with E-state index in [0.29, 0.717) is 43.9 Å². The van der Waals surface area contributed by atoms with E-state index in [0.717, 1.165) is 0 Å². The Hall–Kier alpha value is 1.44. The van der Waals surface area contributed by atoms with Crippen molar-refractivity contribution in [1.82, 2.24) is 0 Å². The second kappa shape index (κ2) is 2.68. The van der Waals surface area contributed by atoms with Crippen LogP contribution in [0.15, 0.2) is 0 Å². The van der Waals surface area contributed by atoms with E-state index in [-0.39, 0.29) is 5.60 Å². The Labute approximate surface area is 69.8 Å². The van der Waals surface area contributed by atoms with Crippen LogP contribution in [-0.2, 0) is 0.486 Å². The van der Waals surface area contributed by atoms with Crippen molar-refractivity contribution in [2.24, 2.45) is 0 Å². The molecule has 0 aliphatic heterocycles. The van der Waals surface area contributed by atoms with Crippen LogP contribution in [0.3, 0.4) is 0 Å². The maximum absolute atomic E-state index is 5.11. The predicted molar refractivity (Wildman–Crippen MR) is 26.6 cm³/mol. The SMILES string of the molecule is CC(C)(C)[O][Sr]. The zero-order valence-corrected chi connectivity index (χ0v) is 8.09. The summed E-state index contributed by atoms with van der Waals surface area (Å²) >= 11 is 0.655. The minimum atomic E-state index is 0.117. The fraction of sp³-hybridized carbons (Fsp3) is 1.00. The van der Waals surface area contributed by atoms with Crippen LogP contribution in [-0.4, -0.2) is 49.5 Å². The van der Waals surface area contributed by atoms with Gasteiger partial charge in [-0.2, -0.15) is 0 Å². The minimum absolute atomic E-state index is 0.117. The van der Waals surface area contributed by atoms with Crippen molar-refractivity contribution in [1.29, 1.82) is 0 Å². The average molecular weight is 161 g/mol. The van der Waals surface area contributed by atoms with E-state index >= 15 is 0 Å². The van der Waals surface area contributed by atoms with Gasteiger partial charge >= 0.3 is 70.7 Å². The molecule has 0 rings (SSSR count). The van der Waals surface area contributed by atoms with Crippen molar-refractivity contribution in [3.63, 3.8) is 0 Å². The van der Waals surface area contributed by atoms with Gasteiger partial charge in [-0.05, 0) is 0 Å². The molecule has 0 fully saturated rings. The van der Waals surface area contributed by atoms with E-state index in [9.17, 15) is 0 Å². The van der Waals surface area contributed by atoms with Gasteiger partial charge in [-0.1, -0.05) is 0 Å². The van der Waals surface area contributed by atoms with Gasteiger partial charge in [0.2, 0.25) is 0 Å². The van der Waals surface area contributed by atoms with Gasteiger partial charge in [0.1, 0.15) is 0 Å². The van der Waals surface area contributed by atoms with E-state index in [1.165, 1.54) is 0 Å². The molecule has 1 nitrogen and oxygen atoms in total. The van der Waals surface area contributed by atoms with Crippen LogP contribution in [0.5, 0.6) is 0 Å². The first-order chi connectivity index (χ1) is 2.56. The molecule has 0 aliphatic rings. The summed E-state index contributed by atoms with van der Waals surface area (Å²) in [5, 5.41) is 0. The van der Waals surface area contributed by atoms with Gasteiger partial charge in [0.25, 0.3) is 0 Å². The van der Waals surface area contributed by atoms with E-state index in [1.807, 2.05) is 0 Å². The molecule has 0 unspecified atom stereocenters. The average Bonchev–Trinajstić information content (AvgIpc) is 1.35. The maximum atomic E-state index is 5.11. The molecule has 0 saturated heterocycles. The summed E-state index contributed by atoms with van der Waals surface area (Å²) in [7, 11) is 0. The third kappa shape index (κ3) is 5.44. The summed E-state index contributed by atoms with van der Waals surface area (Å²) in [4.78, 5) is 0. The van der Waals surface area contributed by atoms with Gasteiger partial charge in [0.05, 0.1) is 0 Å². The van der Waals surface area contributed by atoms with Crippen LogP contribution < -0.4 is 0 Å². The summed E-state index contributed by atoms with van der Waals surface area (Å²) in [6, 6.07) is 0. The summed E-state index contributed by atoms with van der Waals surface area (Å²) in [6.07, 6.45) is 0. The van der Waals surface area contributed by atoms with Crippen LogP contribution in [0.4, 0.5) is 0 Å². The Morgan fingerprint density at radius 3 is 1.50 bits per heavy atom. The Kier molecular flexibility index (Phi) is 3.32. The van der Waals surface area contributed by atoms with Crippen molar-refractivity contribution < 1.29 is 0.486 Å². The molecule has 0 aliphatic carbocycles. The first kappa shape index (κ1) is 7.44. The Balaban J connectivity index is 3.17. The molecule has 0 aromatic carbocycles. The van der Waals surface area contributed by atoms with Gasteiger partial charge in [-0.25, -0.2) is 0 Å². The van der Waals surface area contributed by atoms with Gasteiger partial charge in [0, 0.05) is 0 Å². The third-order valence-corrected chi connectivity index (χ3v) is 2.56. The Morgan fingerprint density at radius 1 is 1.33 bits per heavy atom. The van der Waals surface area contributed by atoms with Crippen molar-refractivity contribution in [2.75, 3.05) is 0 Å². The monoisotopic (exact) mass is 161 g/mol. The topological polar surface area (TPSA) is 9.23 Å². The molecule has 33 valence electrons. The van der Waals surface area contributed by atoms with E-state index < -0.39 is 0 Å². The van der Waals surface area contributed by atoms with Crippen molar-refractivity contribution >= 4 is 43.9 Å². The van der Waals surface area contributed by atoms with Crippen LogP contribution >= 0.6 is 0 Å². The molecule has 0 aromatic heterocycles. The predicted octanol–water partition coefficient (Wildman–Crippen LogP) is 0.885. The molecule has 2 heteroatoms. The summed E-state index contributed by atoms with van der Waals surface area (Å²) < 4.78 is 5.11. The molecule has 1 radical (unpaired) electrons. The number of hydrogen-bond acceptors (Lipinski definition) is 1. The normalized spacial score (nSPS) is 11.7. The molecule has 0 bridgehead atoms. The first-order valence-electron chi connectivity index (χ1n) is 1.99. The molecule has 0 N–H and O–H groups in total. The fourth-order valence-corrected chi connectivity index (χ4v) is 0. The quantitative estimate of drug-likeness (QED) is 0.479.